The lowest BCUT2D eigenvalue weighted by atomic mass is 9.83. The van der Waals surface area contributed by atoms with E-state index >= 15 is 0 Å². The van der Waals surface area contributed by atoms with Gasteiger partial charge in [-0.15, -0.1) is 0 Å². The number of hydrogen-bond donors (Lipinski definition) is 1. The van der Waals surface area contributed by atoms with Crippen molar-refractivity contribution in [2.75, 3.05) is 12.4 Å². The Morgan fingerprint density at radius 3 is 2.50 bits per heavy atom. The van der Waals surface area contributed by atoms with Crippen LogP contribution < -0.4 is 5.32 Å². The normalized spacial score (nSPS) is 20.8. The van der Waals surface area contributed by atoms with Crippen LogP contribution in [0.3, 0.4) is 0 Å². The number of piperidine rings is 1. The van der Waals surface area contributed by atoms with E-state index in [2.05, 4.69) is 5.32 Å². The molecule has 0 saturated carbocycles. The molecule has 1 aliphatic rings. The first kappa shape index (κ1) is 16.2. The van der Waals surface area contributed by atoms with Gasteiger partial charge in [-0.1, -0.05) is 36.4 Å². The third kappa shape index (κ3) is 3.15. The van der Waals surface area contributed by atoms with Gasteiger partial charge in [-0.2, -0.15) is 0 Å². The van der Waals surface area contributed by atoms with Crippen LogP contribution in [0.5, 0.6) is 0 Å². The lowest BCUT2D eigenvalue weighted by Gasteiger charge is -2.38. The third-order valence-electron chi connectivity index (χ3n) is 4.46. The Balaban J connectivity index is 1.91. The lowest BCUT2D eigenvalue weighted by molar-refractivity contribution is -0.140. The molecule has 2 unspecified atom stereocenters. The number of nitrogens with zero attached hydrogens (tertiary/aromatic N) is 1. The van der Waals surface area contributed by atoms with Gasteiger partial charge in [0.15, 0.2) is 0 Å². The molecule has 5 heteroatoms. The molecule has 0 aliphatic carbocycles. The quantitative estimate of drug-likeness (QED) is 0.940. The van der Waals surface area contributed by atoms with Gasteiger partial charge in [0.05, 0.1) is 12.0 Å². The second kappa shape index (κ2) is 6.83. The monoisotopic (exact) mass is 326 g/mol. The number of hydrogen-bond acceptors (Lipinski definition) is 2. The number of anilines is 1. The Kier molecular flexibility index (Phi) is 4.60. The summed E-state index contributed by atoms with van der Waals surface area (Å²) in [5.74, 6) is -1.17. The fourth-order valence-electron chi connectivity index (χ4n) is 3.21. The largest absolute Gasteiger partial charge is 0.338 e. The zero-order valence-corrected chi connectivity index (χ0v) is 13.4. The van der Waals surface area contributed by atoms with Gasteiger partial charge in [-0.3, -0.25) is 9.59 Å². The predicted octanol–water partition coefficient (Wildman–Crippen LogP) is 3.37. The van der Waals surface area contributed by atoms with Crippen molar-refractivity contribution in [1.82, 2.24) is 4.90 Å². The molecule has 124 valence electrons. The van der Waals surface area contributed by atoms with Crippen LogP contribution in [0.25, 0.3) is 0 Å². The average Bonchev–Trinajstić information content (AvgIpc) is 2.59. The summed E-state index contributed by atoms with van der Waals surface area (Å²) in [4.78, 5) is 26.3. The second-order valence-electron chi connectivity index (χ2n) is 5.97. The van der Waals surface area contributed by atoms with Crippen molar-refractivity contribution in [3.63, 3.8) is 0 Å². The van der Waals surface area contributed by atoms with Crippen LogP contribution in [-0.2, 0) is 9.59 Å². The highest BCUT2D eigenvalue weighted by Crippen LogP contribution is 2.37. The van der Waals surface area contributed by atoms with Crippen LogP contribution in [0, 0.1) is 11.7 Å². The molecule has 1 N–H and O–H groups in total. The molecule has 2 atom stereocenters. The number of amides is 2. The zero-order valence-electron chi connectivity index (χ0n) is 13.4. The van der Waals surface area contributed by atoms with E-state index in [1.807, 2.05) is 18.2 Å². The summed E-state index contributed by atoms with van der Waals surface area (Å²) < 4.78 is 14.3. The van der Waals surface area contributed by atoms with Crippen LogP contribution in [0.15, 0.2) is 54.6 Å². The molecule has 2 amide bonds. The van der Waals surface area contributed by atoms with Gasteiger partial charge in [0, 0.05) is 24.7 Å². The predicted molar refractivity (Wildman–Crippen MR) is 89.7 cm³/mol. The molecular formula is C19H19FN2O2. The molecule has 24 heavy (non-hydrogen) atoms. The highest BCUT2D eigenvalue weighted by Gasteiger charge is 2.39. The van der Waals surface area contributed by atoms with E-state index in [-0.39, 0.29) is 18.2 Å². The van der Waals surface area contributed by atoms with Crippen LogP contribution in [-0.4, -0.2) is 23.8 Å². The molecular weight excluding hydrogens is 307 g/mol. The summed E-state index contributed by atoms with van der Waals surface area (Å²) >= 11 is 0. The van der Waals surface area contributed by atoms with E-state index in [0.717, 1.165) is 0 Å². The van der Waals surface area contributed by atoms with Gasteiger partial charge in [0.2, 0.25) is 11.8 Å². The summed E-state index contributed by atoms with van der Waals surface area (Å²) in [6.45, 7) is 0. The van der Waals surface area contributed by atoms with Crippen molar-refractivity contribution >= 4 is 17.5 Å². The van der Waals surface area contributed by atoms with Crippen LogP contribution in [0.2, 0.25) is 0 Å². The van der Waals surface area contributed by atoms with Gasteiger partial charge in [-0.05, 0) is 24.6 Å². The van der Waals surface area contributed by atoms with Crippen molar-refractivity contribution < 1.29 is 14.0 Å². The van der Waals surface area contributed by atoms with Crippen molar-refractivity contribution in [3.8, 4) is 0 Å². The second-order valence-corrected chi connectivity index (χ2v) is 5.97. The minimum Gasteiger partial charge on any atom is -0.338 e. The molecule has 1 heterocycles. The molecule has 4 nitrogen and oxygen atoms in total. The van der Waals surface area contributed by atoms with Crippen LogP contribution in [0.4, 0.5) is 10.1 Å². The standard InChI is InChI=1S/C19H19FN2O2/c1-22-17(23)12-11-15(18(22)14-9-5-6-10-16(14)20)19(24)21-13-7-3-2-4-8-13/h2-10,15,18H,11-12H2,1H3,(H,21,24). The van der Waals surface area contributed by atoms with Crippen molar-refractivity contribution in [3.05, 3.63) is 66.0 Å². The molecule has 1 fully saturated rings. The summed E-state index contributed by atoms with van der Waals surface area (Å²) in [6, 6.07) is 14.8. The Morgan fingerprint density at radius 1 is 1.12 bits per heavy atom. The maximum absolute atomic E-state index is 14.3. The first-order valence-corrected chi connectivity index (χ1v) is 7.94. The number of para-hydroxylation sites is 1. The number of nitrogens with one attached hydrogen (secondary N) is 1. The van der Waals surface area contributed by atoms with Gasteiger partial charge in [0.1, 0.15) is 5.82 Å². The van der Waals surface area contributed by atoms with E-state index in [0.29, 0.717) is 17.7 Å². The van der Waals surface area contributed by atoms with Crippen molar-refractivity contribution in [2.24, 2.45) is 5.92 Å². The van der Waals surface area contributed by atoms with Gasteiger partial charge >= 0.3 is 0 Å². The highest BCUT2D eigenvalue weighted by molar-refractivity contribution is 5.94. The summed E-state index contributed by atoms with van der Waals surface area (Å²) in [7, 11) is 1.63. The van der Waals surface area contributed by atoms with E-state index in [4.69, 9.17) is 0 Å². The number of likely N-dealkylation sites (tertiary alicyclic amines) is 1. The van der Waals surface area contributed by atoms with E-state index in [1.165, 1.54) is 11.0 Å². The third-order valence-corrected chi connectivity index (χ3v) is 4.46. The molecule has 0 spiro atoms. The van der Waals surface area contributed by atoms with Gasteiger partial charge in [0.25, 0.3) is 0 Å². The van der Waals surface area contributed by atoms with E-state index < -0.39 is 17.8 Å². The first-order chi connectivity index (χ1) is 11.6. The molecule has 1 aliphatic heterocycles. The number of halogens is 1. The van der Waals surface area contributed by atoms with Crippen LogP contribution in [0.1, 0.15) is 24.4 Å². The maximum Gasteiger partial charge on any atom is 0.229 e. The van der Waals surface area contributed by atoms with Gasteiger partial charge < -0.3 is 10.2 Å². The number of benzene rings is 2. The first-order valence-electron chi connectivity index (χ1n) is 7.94. The summed E-state index contributed by atoms with van der Waals surface area (Å²) in [5.41, 5.74) is 1.07. The Morgan fingerprint density at radius 2 is 1.79 bits per heavy atom. The Labute approximate surface area is 140 Å². The minimum atomic E-state index is -0.601. The average molecular weight is 326 g/mol. The SMILES string of the molecule is CN1C(=O)CCC(C(=O)Nc2ccccc2)C1c1ccccc1F. The molecule has 0 bridgehead atoms. The molecule has 1 saturated heterocycles. The van der Waals surface area contributed by atoms with Gasteiger partial charge in [-0.25, -0.2) is 4.39 Å². The minimum absolute atomic E-state index is 0.0768. The fraction of sp³-hybridized carbons (Fsp3) is 0.263. The fourth-order valence-corrected chi connectivity index (χ4v) is 3.21. The Hall–Kier alpha value is -2.69. The Bertz CT molecular complexity index is 748. The lowest BCUT2D eigenvalue weighted by Crippen LogP contribution is -2.44. The summed E-state index contributed by atoms with van der Waals surface area (Å²) in [5, 5.41) is 2.87. The number of carbonyl (C=O) groups is 2. The molecule has 0 radical (unpaired) electrons. The number of carbonyl (C=O) groups excluding carboxylic acids is 2. The molecule has 3 rings (SSSR count). The van der Waals surface area contributed by atoms with Crippen molar-refractivity contribution in [2.45, 2.75) is 18.9 Å². The zero-order chi connectivity index (χ0) is 17.1. The van der Waals surface area contributed by atoms with Crippen molar-refractivity contribution in [1.29, 1.82) is 0 Å². The topological polar surface area (TPSA) is 49.4 Å². The van der Waals surface area contributed by atoms with Crippen LogP contribution >= 0.6 is 0 Å². The highest BCUT2D eigenvalue weighted by atomic mass is 19.1. The van der Waals surface area contributed by atoms with E-state index in [9.17, 15) is 14.0 Å². The molecule has 0 aromatic heterocycles. The summed E-state index contributed by atoms with van der Waals surface area (Å²) in [6.07, 6.45) is 0.690. The number of rotatable bonds is 3. The smallest absolute Gasteiger partial charge is 0.229 e. The maximum atomic E-state index is 14.3. The molecule has 2 aromatic rings. The molecule has 2 aromatic carbocycles. The van der Waals surface area contributed by atoms with E-state index in [1.54, 1.807) is 37.4 Å².